The minimum Gasteiger partial charge on any atom is -0.444 e. The number of ether oxygens (including phenoxy) is 2. The monoisotopic (exact) mass is 255 g/mol. The summed E-state index contributed by atoms with van der Waals surface area (Å²) in [5, 5.41) is 0. The van der Waals surface area contributed by atoms with E-state index in [0.717, 1.165) is 19.3 Å². The first-order valence-electron chi connectivity index (χ1n) is 6.57. The van der Waals surface area contributed by atoms with Crippen molar-refractivity contribution in [1.82, 2.24) is 4.90 Å². The number of methoxy groups -OCH3 is 1. The minimum absolute atomic E-state index is 0.236. The average Bonchev–Trinajstić information content (AvgIpc) is 2.28. The molecule has 104 valence electrons. The fourth-order valence-electron chi connectivity index (χ4n) is 1.99. The summed E-state index contributed by atoms with van der Waals surface area (Å²) >= 11 is 0. The molecule has 1 rings (SSSR count). The van der Waals surface area contributed by atoms with Crippen molar-refractivity contribution in [2.45, 2.75) is 51.7 Å². The van der Waals surface area contributed by atoms with Crippen LogP contribution in [0.1, 0.15) is 40.0 Å². The number of amides is 1. The van der Waals surface area contributed by atoms with Crippen LogP contribution < -0.4 is 0 Å². The molecule has 0 aliphatic heterocycles. The van der Waals surface area contributed by atoms with E-state index in [2.05, 4.69) is 12.2 Å². The van der Waals surface area contributed by atoms with Gasteiger partial charge in [0.2, 0.25) is 0 Å². The Bertz CT molecular complexity index is 294. The zero-order chi connectivity index (χ0) is 13.6. The Balaban J connectivity index is 2.64. The second-order valence-corrected chi connectivity index (χ2v) is 5.60. The minimum atomic E-state index is -0.451. The molecule has 0 fully saturated rings. The van der Waals surface area contributed by atoms with Gasteiger partial charge in [-0.15, -0.1) is 0 Å². The highest BCUT2D eigenvalue weighted by atomic mass is 16.6. The van der Waals surface area contributed by atoms with Crippen LogP contribution in [0, 0.1) is 0 Å². The molecular weight excluding hydrogens is 230 g/mol. The second kappa shape index (κ2) is 6.78. The summed E-state index contributed by atoms with van der Waals surface area (Å²) in [6, 6.07) is 0.236. The lowest BCUT2D eigenvalue weighted by molar-refractivity contribution is 0.00934. The molecule has 4 heteroatoms. The number of carbonyl (C=O) groups is 1. The zero-order valence-corrected chi connectivity index (χ0v) is 11.9. The van der Waals surface area contributed by atoms with E-state index in [9.17, 15) is 4.79 Å². The molecule has 1 aliphatic rings. The first-order chi connectivity index (χ1) is 8.44. The van der Waals surface area contributed by atoms with Crippen molar-refractivity contribution in [2.24, 2.45) is 0 Å². The molecule has 0 bridgehead atoms. The Morgan fingerprint density at radius 2 is 2.11 bits per heavy atom. The number of allylic oxidation sites excluding steroid dienone is 1. The van der Waals surface area contributed by atoms with E-state index in [1.807, 2.05) is 20.8 Å². The van der Waals surface area contributed by atoms with Crippen molar-refractivity contribution < 1.29 is 14.3 Å². The molecule has 0 radical (unpaired) electrons. The molecule has 0 aromatic rings. The Kier molecular flexibility index (Phi) is 5.66. The van der Waals surface area contributed by atoms with Crippen LogP contribution in [0.2, 0.25) is 0 Å². The third-order valence-corrected chi connectivity index (χ3v) is 2.85. The number of nitrogens with zero attached hydrogens (tertiary/aromatic N) is 1. The van der Waals surface area contributed by atoms with Crippen molar-refractivity contribution in [3.05, 3.63) is 12.2 Å². The Morgan fingerprint density at radius 1 is 1.39 bits per heavy atom. The van der Waals surface area contributed by atoms with E-state index in [1.165, 1.54) is 0 Å². The average molecular weight is 255 g/mol. The van der Waals surface area contributed by atoms with Gasteiger partial charge >= 0.3 is 6.09 Å². The van der Waals surface area contributed by atoms with E-state index >= 15 is 0 Å². The molecule has 0 saturated heterocycles. The summed E-state index contributed by atoms with van der Waals surface area (Å²) in [4.78, 5) is 14.0. The molecule has 1 atom stereocenters. The molecule has 0 heterocycles. The second-order valence-electron chi connectivity index (χ2n) is 5.60. The van der Waals surface area contributed by atoms with E-state index in [1.54, 1.807) is 12.0 Å². The third kappa shape index (κ3) is 5.08. The molecule has 4 nitrogen and oxygen atoms in total. The van der Waals surface area contributed by atoms with E-state index in [4.69, 9.17) is 9.47 Å². The maximum absolute atomic E-state index is 12.2. The molecule has 18 heavy (non-hydrogen) atoms. The lowest BCUT2D eigenvalue weighted by Gasteiger charge is -2.34. The van der Waals surface area contributed by atoms with E-state index in [0.29, 0.717) is 13.2 Å². The number of rotatable bonds is 4. The van der Waals surface area contributed by atoms with Gasteiger partial charge in [-0.05, 0) is 40.0 Å². The molecule has 0 aromatic heterocycles. The van der Waals surface area contributed by atoms with Gasteiger partial charge in [-0.25, -0.2) is 4.79 Å². The van der Waals surface area contributed by atoms with Crippen LogP contribution in [0.15, 0.2) is 12.2 Å². The quantitative estimate of drug-likeness (QED) is 0.725. The summed E-state index contributed by atoms with van der Waals surface area (Å²) in [6.07, 6.45) is 7.00. The summed E-state index contributed by atoms with van der Waals surface area (Å²) in [7, 11) is 1.65. The van der Waals surface area contributed by atoms with Gasteiger partial charge in [-0.1, -0.05) is 12.2 Å². The normalized spacial score (nSPS) is 19.7. The van der Waals surface area contributed by atoms with Crippen LogP contribution in [0.3, 0.4) is 0 Å². The van der Waals surface area contributed by atoms with Crippen molar-refractivity contribution in [2.75, 3.05) is 20.3 Å². The largest absolute Gasteiger partial charge is 0.444 e. The van der Waals surface area contributed by atoms with Crippen LogP contribution >= 0.6 is 0 Å². The molecule has 0 spiro atoms. The van der Waals surface area contributed by atoms with Crippen LogP contribution in [0.5, 0.6) is 0 Å². The van der Waals surface area contributed by atoms with Crippen LogP contribution in [0.4, 0.5) is 4.79 Å². The van der Waals surface area contributed by atoms with Crippen molar-refractivity contribution in [3.8, 4) is 0 Å². The molecule has 1 amide bonds. The summed E-state index contributed by atoms with van der Waals surface area (Å²) in [5.41, 5.74) is -0.451. The summed E-state index contributed by atoms with van der Waals surface area (Å²) < 4.78 is 10.5. The predicted molar refractivity (Wildman–Crippen MR) is 71.6 cm³/mol. The predicted octanol–water partition coefficient (Wildman–Crippen LogP) is 2.98. The van der Waals surface area contributed by atoms with E-state index < -0.39 is 5.60 Å². The highest BCUT2D eigenvalue weighted by molar-refractivity contribution is 5.68. The summed E-state index contributed by atoms with van der Waals surface area (Å²) in [5.74, 6) is 0. The fourth-order valence-corrected chi connectivity index (χ4v) is 1.99. The van der Waals surface area contributed by atoms with Crippen molar-refractivity contribution in [3.63, 3.8) is 0 Å². The van der Waals surface area contributed by atoms with Gasteiger partial charge in [0, 0.05) is 19.7 Å². The van der Waals surface area contributed by atoms with Gasteiger partial charge in [0.1, 0.15) is 5.60 Å². The third-order valence-electron chi connectivity index (χ3n) is 2.85. The van der Waals surface area contributed by atoms with Crippen LogP contribution in [-0.2, 0) is 9.47 Å². The maximum atomic E-state index is 12.2. The van der Waals surface area contributed by atoms with Gasteiger partial charge in [0.15, 0.2) is 0 Å². The van der Waals surface area contributed by atoms with Crippen molar-refractivity contribution >= 4 is 6.09 Å². The fraction of sp³-hybridized carbons (Fsp3) is 0.786. The van der Waals surface area contributed by atoms with Gasteiger partial charge in [-0.3, -0.25) is 0 Å². The molecule has 0 saturated carbocycles. The van der Waals surface area contributed by atoms with Gasteiger partial charge in [0.25, 0.3) is 0 Å². The first kappa shape index (κ1) is 15.0. The number of hydrogen-bond donors (Lipinski definition) is 0. The van der Waals surface area contributed by atoms with Gasteiger partial charge in [-0.2, -0.15) is 0 Å². The topological polar surface area (TPSA) is 38.8 Å². The van der Waals surface area contributed by atoms with Gasteiger partial charge < -0.3 is 14.4 Å². The molecule has 1 aliphatic carbocycles. The number of hydrogen-bond acceptors (Lipinski definition) is 3. The Morgan fingerprint density at radius 3 is 2.61 bits per heavy atom. The lowest BCUT2D eigenvalue weighted by Crippen LogP contribution is -2.45. The Labute approximate surface area is 110 Å². The van der Waals surface area contributed by atoms with Crippen LogP contribution in [-0.4, -0.2) is 42.9 Å². The molecule has 0 N–H and O–H groups in total. The molecule has 0 aromatic carbocycles. The zero-order valence-electron chi connectivity index (χ0n) is 11.9. The highest BCUT2D eigenvalue weighted by Crippen LogP contribution is 2.20. The molecule has 1 unspecified atom stereocenters. The lowest BCUT2D eigenvalue weighted by atomic mass is 10.0. The molecular formula is C14H25NO3. The van der Waals surface area contributed by atoms with Gasteiger partial charge in [0.05, 0.1) is 6.61 Å². The first-order valence-corrected chi connectivity index (χ1v) is 6.57. The Hall–Kier alpha value is -1.03. The standard InChI is InChI=1S/C14H25NO3/c1-14(2,3)18-13(16)15(10-11-17-4)12-8-6-5-7-9-12/h5-6,12H,7-11H2,1-4H3. The van der Waals surface area contributed by atoms with Crippen LogP contribution in [0.25, 0.3) is 0 Å². The highest BCUT2D eigenvalue weighted by Gasteiger charge is 2.27. The van der Waals surface area contributed by atoms with Crippen molar-refractivity contribution in [1.29, 1.82) is 0 Å². The summed E-state index contributed by atoms with van der Waals surface area (Å²) in [6.45, 7) is 6.80. The smallest absolute Gasteiger partial charge is 0.410 e. The number of carbonyl (C=O) groups excluding carboxylic acids is 1. The SMILES string of the molecule is COCCN(C(=O)OC(C)(C)C)C1CC=CCC1. The van der Waals surface area contributed by atoms with E-state index in [-0.39, 0.29) is 12.1 Å². The maximum Gasteiger partial charge on any atom is 0.410 e.